The summed E-state index contributed by atoms with van der Waals surface area (Å²) in [4.78, 5) is 12.4. The van der Waals surface area contributed by atoms with Gasteiger partial charge in [0.1, 0.15) is 12.4 Å². The number of halogens is 1. The lowest BCUT2D eigenvalue weighted by molar-refractivity contribution is 0.0995. The third kappa shape index (κ3) is 4.04. The Morgan fingerprint density at radius 3 is 2.47 bits per heavy atom. The highest BCUT2D eigenvalue weighted by atomic mass is 35.5. The van der Waals surface area contributed by atoms with Gasteiger partial charge in [0, 0.05) is 5.39 Å². The van der Waals surface area contributed by atoms with E-state index in [2.05, 4.69) is 10.2 Å². The second-order valence-electron chi connectivity index (χ2n) is 6.49. The first-order valence-electron chi connectivity index (χ1n) is 9.34. The Morgan fingerprint density at radius 1 is 0.967 bits per heavy atom. The van der Waals surface area contributed by atoms with Crippen molar-refractivity contribution in [3.05, 3.63) is 89.4 Å². The van der Waals surface area contributed by atoms with Crippen LogP contribution in [0.5, 0.6) is 11.6 Å². The van der Waals surface area contributed by atoms with Gasteiger partial charge in [-0.1, -0.05) is 60.1 Å². The van der Waals surface area contributed by atoms with Gasteiger partial charge in [-0.15, -0.1) is 10.2 Å². The van der Waals surface area contributed by atoms with E-state index in [4.69, 9.17) is 16.3 Å². The van der Waals surface area contributed by atoms with Crippen molar-refractivity contribution < 1.29 is 14.6 Å². The standard InChI is InChI=1S/C23H18ClN3O3/c24-19-12-6-4-10-17(19)22(28)26-25-21-18-11-5-7-13-20(18)27(23(21)29)14-15-30-16-8-2-1-3-9-16/h1-13,29H,14-15H2. The maximum Gasteiger partial charge on any atom is 0.296 e. The van der Waals surface area contributed by atoms with Crippen LogP contribution in [0.3, 0.4) is 0 Å². The molecule has 0 atom stereocenters. The third-order valence-electron chi connectivity index (χ3n) is 4.59. The first-order valence-corrected chi connectivity index (χ1v) is 9.71. The van der Waals surface area contributed by atoms with E-state index in [1.54, 1.807) is 28.8 Å². The fraction of sp³-hybridized carbons (Fsp3) is 0.0870. The molecule has 0 saturated heterocycles. The summed E-state index contributed by atoms with van der Waals surface area (Å²) in [5, 5.41) is 19.6. The Kier molecular flexibility index (Phi) is 5.77. The minimum absolute atomic E-state index is 0.0800. The molecule has 7 heteroatoms. The average molecular weight is 420 g/mol. The van der Waals surface area contributed by atoms with Crippen LogP contribution in [0.2, 0.25) is 5.02 Å². The molecule has 30 heavy (non-hydrogen) atoms. The molecular weight excluding hydrogens is 402 g/mol. The van der Waals surface area contributed by atoms with Gasteiger partial charge >= 0.3 is 0 Å². The van der Waals surface area contributed by atoms with Crippen molar-refractivity contribution in [1.82, 2.24) is 4.57 Å². The first-order chi connectivity index (χ1) is 14.6. The van der Waals surface area contributed by atoms with Crippen molar-refractivity contribution >= 4 is 34.1 Å². The molecule has 0 aliphatic rings. The van der Waals surface area contributed by atoms with E-state index in [9.17, 15) is 9.90 Å². The largest absolute Gasteiger partial charge is 0.493 e. The molecule has 1 heterocycles. The van der Waals surface area contributed by atoms with Crippen molar-refractivity contribution in [3.63, 3.8) is 0 Å². The molecule has 0 aliphatic heterocycles. The van der Waals surface area contributed by atoms with E-state index in [-0.39, 0.29) is 17.1 Å². The van der Waals surface area contributed by atoms with Crippen molar-refractivity contribution in [2.24, 2.45) is 10.2 Å². The van der Waals surface area contributed by atoms with Crippen molar-refractivity contribution in [2.75, 3.05) is 6.61 Å². The van der Waals surface area contributed by atoms with Gasteiger partial charge < -0.3 is 14.4 Å². The van der Waals surface area contributed by atoms with Crippen LogP contribution in [-0.2, 0) is 6.54 Å². The minimum atomic E-state index is -0.579. The molecule has 0 aliphatic carbocycles. The number of carbonyl (C=O) groups is 1. The number of amides is 1. The lowest BCUT2D eigenvalue weighted by Crippen LogP contribution is -2.07. The first kappa shape index (κ1) is 19.7. The van der Waals surface area contributed by atoms with Gasteiger partial charge in [-0.3, -0.25) is 4.79 Å². The number of ether oxygens (including phenoxy) is 1. The van der Waals surface area contributed by atoms with E-state index < -0.39 is 5.91 Å². The zero-order chi connectivity index (χ0) is 20.9. The molecule has 0 unspecified atom stereocenters. The van der Waals surface area contributed by atoms with E-state index in [1.807, 2.05) is 54.6 Å². The molecule has 150 valence electrons. The maximum absolute atomic E-state index is 12.4. The van der Waals surface area contributed by atoms with E-state index in [1.165, 1.54) is 0 Å². The van der Waals surface area contributed by atoms with Crippen molar-refractivity contribution in [2.45, 2.75) is 6.54 Å². The lowest BCUT2D eigenvalue weighted by Gasteiger charge is -2.09. The molecule has 0 spiro atoms. The summed E-state index contributed by atoms with van der Waals surface area (Å²) in [5.41, 5.74) is 1.25. The number of aromatic nitrogens is 1. The maximum atomic E-state index is 12.4. The van der Waals surface area contributed by atoms with Crippen molar-refractivity contribution in [1.29, 1.82) is 0 Å². The number of nitrogens with zero attached hydrogens (tertiary/aromatic N) is 3. The number of aromatic hydroxyl groups is 1. The van der Waals surface area contributed by atoms with E-state index in [0.29, 0.717) is 23.6 Å². The Hall–Kier alpha value is -3.64. The van der Waals surface area contributed by atoms with Crippen LogP contribution in [0.25, 0.3) is 10.9 Å². The van der Waals surface area contributed by atoms with Gasteiger partial charge in [0.15, 0.2) is 5.69 Å². The summed E-state index contributed by atoms with van der Waals surface area (Å²) in [6.07, 6.45) is 0. The highest BCUT2D eigenvalue weighted by Crippen LogP contribution is 2.38. The summed E-state index contributed by atoms with van der Waals surface area (Å²) < 4.78 is 7.42. The van der Waals surface area contributed by atoms with Crippen LogP contribution >= 0.6 is 11.6 Å². The zero-order valence-electron chi connectivity index (χ0n) is 15.9. The quantitative estimate of drug-likeness (QED) is 0.389. The van der Waals surface area contributed by atoms with Gasteiger partial charge in [-0.25, -0.2) is 0 Å². The highest BCUT2D eigenvalue weighted by Gasteiger charge is 2.17. The molecule has 0 bridgehead atoms. The molecule has 6 nitrogen and oxygen atoms in total. The Labute approximate surface area is 178 Å². The summed E-state index contributed by atoms with van der Waals surface area (Å²) in [5.74, 6) is 0.0894. The third-order valence-corrected chi connectivity index (χ3v) is 4.92. The van der Waals surface area contributed by atoms with Crippen molar-refractivity contribution in [3.8, 4) is 11.6 Å². The number of rotatable bonds is 6. The van der Waals surface area contributed by atoms with Crippen LogP contribution < -0.4 is 4.74 Å². The average Bonchev–Trinajstić information content (AvgIpc) is 3.04. The second kappa shape index (κ2) is 8.80. The molecule has 1 N–H and O–H groups in total. The van der Waals surface area contributed by atoms with Gasteiger partial charge in [-0.05, 0) is 30.3 Å². The van der Waals surface area contributed by atoms with E-state index in [0.717, 1.165) is 11.3 Å². The summed E-state index contributed by atoms with van der Waals surface area (Å²) in [6, 6.07) is 23.4. The molecule has 4 rings (SSSR count). The molecule has 1 aromatic heterocycles. The molecule has 0 radical (unpaired) electrons. The van der Waals surface area contributed by atoms with Gasteiger partial charge in [0.05, 0.1) is 22.6 Å². The lowest BCUT2D eigenvalue weighted by atomic mass is 10.2. The zero-order valence-corrected chi connectivity index (χ0v) is 16.7. The Balaban J connectivity index is 1.60. The van der Waals surface area contributed by atoms with Crippen LogP contribution in [0.15, 0.2) is 89.1 Å². The number of carbonyl (C=O) groups excluding carboxylic acids is 1. The topological polar surface area (TPSA) is 76.2 Å². The van der Waals surface area contributed by atoms with Gasteiger partial charge in [-0.2, -0.15) is 0 Å². The molecule has 1 amide bonds. The fourth-order valence-electron chi connectivity index (χ4n) is 3.15. The Bertz CT molecular complexity index is 1220. The van der Waals surface area contributed by atoms with E-state index >= 15 is 0 Å². The predicted octanol–water partition coefficient (Wildman–Crippen LogP) is 6.00. The van der Waals surface area contributed by atoms with Crippen LogP contribution in [-0.4, -0.2) is 22.2 Å². The number of azo groups is 1. The summed E-state index contributed by atoms with van der Waals surface area (Å²) in [7, 11) is 0. The molecule has 0 fully saturated rings. The number of fused-ring (bicyclic) bond motifs is 1. The van der Waals surface area contributed by atoms with Gasteiger partial charge in [0.2, 0.25) is 5.88 Å². The number of para-hydroxylation sites is 2. The Morgan fingerprint density at radius 2 is 1.67 bits per heavy atom. The molecular formula is C23H18ClN3O3. The number of hydrogen-bond donors (Lipinski definition) is 1. The molecule has 4 aromatic rings. The smallest absolute Gasteiger partial charge is 0.296 e. The molecule has 3 aromatic carbocycles. The SMILES string of the molecule is O=C(N=Nc1c(O)n(CCOc2ccccc2)c2ccccc12)c1ccccc1Cl. The van der Waals surface area contributed by atoms with Gasteiger partial charge in [0.25, 0.3) is 5.91 Å². The number of benzene rings is 3. The molecule has 0 saturated carbocycles. The monoisotopic (exact) mass is 419 g/mol. The minimum Gasteiger partial charge on any atom is -0.493 e. The summed E-state index contributed by atoms with van der Waals surface area (Å²) >= 11 is 6.05. The second-order valence-corrected chi connectivity index (χ2v) is 6.89. The number of hydrogen-bond acceptors (Lipinski definition) is 4. The highest BCUT2D eigenvalue weighted by molar-refractivity contribution is 6.33. The van der Waals surface area contributed by atoms with Crippen LogP contribution in [0.1, 0.15) is 10.4 Å². The predicted molar refractivity (Wildman–Crippen MR) is 116 cm³/mol. The van der Waals surface area contributed by atoms with Crippen LogP contribution in [0.4, 0.5) is 5.69 Å². The fourth-order valence-corrected chi connectivity index (χ4v) is 3.37. The normalized spacial score (nSPS) is 11.2. The summed E-state index contributed by atoms with van der Waals surface area (Å²) in [6.45, 7) is 0.751. The van der Waals surface area contributed by atoms with Crippen LogP contribution in [0, 0.1) is 0 Å².